The normalized spacial score (nSPS) is 32.8. The molecule has 2 aliphatic rings. The Bertz CT molecular complexity index is 211. The fraction of sp³-hybridized carbons (Fsp3) is 1.00. The van der Waals surface area contributed by atoms with Gasteiger partial charge in [0.15, 0.2) is 0 Å². The van der Waals surface area contributed by atoms with Crippen LogP contribution in [0, 0.1) is 11.8 Å². The van der Waals surface area contributed by atoms with E-state index in [9.17, 15) is 0 Å². The average Bonchev–Trinajstić information content (AvgIpc) is 2.37. The fourth-order valence-electron chi connectivity index (χ4n) is 3.61. The number of nitrogens with zero attached hydrogens (tertiary/aromatic N) is 1. The van der Waals surface area contributed by atoms with E-state index in [2.05, 4.69) is 24.2 Å². The van der Waals surface area contributed by atoms with E-state index < -0.39 is 0 Å². The van der Waals surface area contributed by atoms with Crippen molar-refractivity contribution < 1.29 is 0 Å². The van der Waals surface area contributed by atoms with Gasteiger partial charge in [-0.25, -0.2) is 0 Å². The topological polar surface area (TPSA) is 15.3 Å². The van der Waals surface area contributed by atoms with Crippen LogP contribution in [-0.4, -0.2) is 37.6 Å². The van der Waals surface area contributed by atoms with E-state index in [-0.39, 0.29) is 0 Å². The van der Waals surface area contributed by atoms with Gasteiger partial charge in [-0.1, -0.05) is 32.6 Å². The molecule has 1 heterocycles. The Kier molecular flexibility index (Phi) is 5.30. The quantitative estimate of drug-likeness (QED) is 0.810. The molecule has 1 aliphatic heterocycles. The molecule has 0 aromatic rings. The van der Waals surface area contributed by atoms with Gasteiger partial charge in [0, 0.05) is 19.1 Å². The maximum Gasteiger partial charge on any atom is 0.0198 e. The summed E-state index contributed by atoms with van der Waals surface area (Å²) in [6.45, 7) is 6.16. The van der Waals surface area contributed by atoms with Crippen molar-refractivity contribution in [1.29, 1.82) is 0 Å². The second-order valence-corrected chi connectivity index (χ2v) is 6.34. The van der Waals surface area contributed by atoms with Gasteiger partial charge in [0.1, 0.15) is 0 Å². The molecule has 100 valence electrons. The van der Waals surface area contributed by atoms with Crippen LogP contribution in [0.2, 0.25) is 0 Å². The Morgan fingerprint density at radius 2 is 1.82 bits per heavy atom. The zero-order chi connectivity index (χ0) is 12.1. The standard InChI is InChI=1S/C15H30N2/c1-3-13-9-15(12-17(2)11-13)16-10-14-7-5-4-6-8-14/h13-16H,3-12H2,1-2H3. The zero-order valence-electron chi connectivity index (χ0n) is 11.8. The van der Waals surface area contributed by atoms with E-state index in [1.807, 2.05) is 0 Å². The number of likely N-dealkylation sites (tertiary alicyclic amines) is 1. The second-order valence-electron chi connectivity index (χ2n) is 6.34. The minimum absolute atomic E-state index is 0.751. The van der Waals surface area contributed by atoms with Crippen LogP contribution in [0.15, 0.2) is 0 Å². The second kappa shape index (κ2) is 6.75. The zero-order valence-corrected chi connectivity index (χ0v) is 11.8. The summed E-state index contributed by atoms with van der Waals surface area (Å²) in [5.41, 5.74) is 0. The third-order valence-electron chi connectivity index (χ3n) is 4.72. The van der Waals surface area contributed by atoms with Gasteiger partial charge in [0.2, 0.25) is 0 Å². The molecule has 2 fully saturated rings. The largest absolute Gasteiger partial charge is 0.312 e. The highest BCUT2D eigenvalue weighted by molar-refractivity contribution is 4.82. The first-order valence-corrected chi connectivity index (χ1v) is 7.69. The van der Waals surface area contributed by atoms with Crippen molar-refractivity contribution in [3.8, 4) is 0 Å². The molecule has 1 N–H and O–H groups in total. The Morgan fingerprint density at radius 1 is 1.06 bits per heavy atom. The van der Waals surface area contributed by atoms with Crippen molar-refractivity contribution >= 4 is 0 Å². The van der Waals surface area contributed by atoms with Crippen molar-refractivity contribution in [2.45, 2.75) is 57.9 Å². The van der Waals surface area contributed by atoms with Gasteiger partial charge in [-0.15, -0.1) is 0 Å². The Hall–Kier alpha value is -0.0800. The van der Waals surface area contributed by atoms with E-state index >= 15 is 0 Å². The maximum atomic E-state index is 3.84. The van der Waals surface area contributed by atoms with E-state index in [0.717, 1.165) is 17.9 Å². The molecule has 2 nitrogen and oxygen atoms in total. The first kappa shape index (κ1) is 13.4. The highest BCUT2D eigenvalue weighted by Crippen LogP contribution is 2.24. The average molecular weight is 238 g/mol. The molecule has 0 bridgehead atoms. The Balaban J connectivity index is 1.70. The number of nitrogens with one attached hydrogen (secondary N) is 1. The molecule has 2 atom stereocenters. The van der Waals surface area contributed by atoms with Crippen molar-refractivity contribution in [1.82, 2.24) is 10.2 Å². The van der Waals surface area contributed by atoms with E-state index in [4.69, 9.17) is 0 Å². The lowest BCUT2D eigenvalue weighted by Gasteiger charge is -2.36. The summed E-state index contributed by atoms with van der Waals surface area (Å²) >= 11 is 0. The predicted molar refractivity (Wildman–Crippen MR) is 74.3 cm³/mol. The van der Waals surface area contributed by atoms with Crippen LogP contribution in [0.3, 0.4) is 0 Å². The molecule has 0 spiro atoms. The number of likely N-dealkylation sites (N-methyl/N-ethyl adjacent to an activating group) is 1. The van der Waals surface area contributed by atoms with Crippen LogP contribution in [0.5, 0.6) is 0 Å². The lowest BCUT2D eigenvalue weighted by molar-refractivity contribution is 0.160. The van der Waals surface area contributed by atoms with Crippen LogP contribution in [0.25, 0.3) is 0 Å². The molecule has 1 saturated carbocycles. The molecular formula is C15H30N2. The summed E-state index contributed by atoms with van der Waals surface area (Å²) in [6, 6.07) is 0.751. The van der Waals surface area contributed by atoms with Crippen LogP contribution >= 0.6 is 0 Å². The highest BCUT2D eigenvalue weighted by Gasteiger charge is 2.24. The SMILES string of the molecule is CCC1CC(NCC2CCCCC2)CN(C)C1. The molecule has 0 radical (unpaired) electrons. The number of rotatable bonds is 4. The van der Waals surface area contributed by atoms with Gasteiger partial charge in [-0.2, -0.15) is 0 Å². The minimum atomic E-state index is 0.751. The molecule has 2 heteroatoms. The summed E-state index contributed by atoms with van der Waals surface area (Å²) in [4.78, 5) is 2.51. The van der Waals surface area contributed by atoms with Gasteiger partial charge in [0.25, 0.3) is 0 Å². The van der Waals surface area contributed by atoms with Gasteiger partial charge in [0.05, 0.1) is 0 Å². The van der Waals surface area contributed by atoms with Crippen LogP contribution in [-0.2, 0) is 0 Å². The van der Waals surface area contributed by atoms with Crippen molar-refractivity contribution in [2.75, 3.05) is 26.7 Å². The number of hydrogen-bond donors (Lipinski definition) is 1. The number of piperidine rings is 1. The van der Waals surface area contributed by atoms with Crippen LogP contribution in [0.1, 0.15) is 51.9 Å². The van der Waals surface area contributed by atoms with Crippen LogP contribution < -0.4 is 5.32 Å². The molecule has 0 aromatic carbocycles. The van der Waals surface area contributed by atoms with Gasteiger partial charge in [-0.3, -0.25) is 0 Å². The van der Waals surface area contributed by atoms with Gasteiger partial charge >= 0.3 is 0 Å². The van der Waals surface area contributed by atoms with Crippen molar-refractivity contribution in [3.63, 3.8) is 0 Å². The molecular weight excluding hydrogens is 208 g/mol. The first-order valence-electron chi connectivity index (χ1n) is 7.69. The Morgan fingerprint density at radius 3 is 2.53 bits per heavy atom. The maximum absolute atomic E-state index is 3.84. The minimum Gasteiger partial charge on any atom is -0.312 e. The van der Waals surface area contributed by atoms with Crippen molar-refractivity contribution in [2.24, 2.45) is 11.8 Å². The van der Waals surface area contributed by atoms with E-state index in [1.54, 1.807) is 0 Å². The number of hydrogen-bond acceptors (Lipinski definition) is 2. The summed E-state index contributed by atoms with van der Waals surface area (Å²) in [7, 11) is 2.27. The lowest BCUT2D eigenvalue weighted by Crippen LogP contribution is -2.48. The van der Waals surface area contributed by atoms with Gasteiger partial charge < -0.3 is 10.2 Å². The fourth-order valence-corrected chi connectivity index (χ4v) is 3.61. The van der Waals surface area contributed by atoms with E-state index in [1.165, 1.54) is 64.6 Å². The molecule has 1 aliphatic carbocycles. The Labute approximate surface area is 107 Å². The molecule has 1 saturated heterocycles. The molecule has 2 rings (SSSR count). The summed E-state index contributed by atoms with van der Waals surface area (Å²) in [5, 5.41) is 3.84. The monoisotopic (exact) mass is 238 g/mol. The third-order valence-corrected chi connectivity index (χ3v) is 4.72. The molecule has 0 amide bonds. The lowest BCUT2D eigenvalue weighted by atomic mass is 9.88. The molecule has 17 heavy (non-hydrogen) atoms. The van der Waals surface area contributed by atoms with Crippen molar-refractivity contribution in [3.05, 3.63) is 0 Å². The first-order chi connectivity index (χ1) is 8.28. The van der Waals surface area contributed by atoms with Gasteiger partial charge in [-0.05, 0) is 44.7 Å². The van der Waals surface area contributed by atoms with E-state index in [0.29, 0.717) is 0 Å². The molecule has 0 aromatic heterocycles. The smallest absolute Gasteiger partial charge is 0.0198 e. The highest BCUT2D eigenvalue weighted by atomic mass is 15.1. The summed E-state index contributed by atoms with van der Waals surface area (Å²) in [6.07, 6.45) is 10.1. The third kappa shape index (κ3) is 4.26. The van der Waals surface area contributed by atoms with Crippen LogP contribution in [0.4, 0.5) is 0 Å². The molecule has 2 unspecified atom stereocenters. The summed E-state index contributed by atoms with van der Waals surface area (Å²) in [5.74, 6) is 1.88. The summed E-state index contributed by atoms with van der Waals surface area (Å²) < 4.78 is 0. The predicted octanol–water partition coefficient (Wildman–Crippen LogP) is 2.89.